The van der Waals surface area contributed by atoms with Crippen LogP contribution in [0.4, 0.5) is 0 Å². The summed E-state index contributed by atoms with van der Waals surface area (Å²) in [5.74, 6) is 2.59. The van der Waals surface area contributed by atoms with Gasteiger partial charge in [-0.15, -0.1) is 0 Å². The van der Waals surface area contributed by atoms with Crippen molar-refractivity contribution in [1.29, 1.82) is 0 Å². The van der Waals surface area contributed by atoms with Gasteiger partial charge in [0.05, 0.1) is 14.2 Å². The highest BCUT2D eigenvalue weighted by molar-refractivity contribution is 5.91. The molecule has 1 amide bonds. The number of rotatable bonds is 4. The number of methoxy groups -OCH3 is 2. The van der Waals surface area contributed by atoms with E-state index >= 15 is 0 Å². The van der Waals surface area contributed by atoms with Crippen molar-refractivity contribution >= 4 is 5.91 Å². The molecule has 1 aromatic carbocycles. The molecule has 2 heterocycles. The molecule has 0 radical (unpaired) electrons. The fourth-order valence-electron chi connectivity index (χ4n) is 2.90. The van der Waals surface area contributed by atoms with Crippen LogP contribution in [0.3, 0.4) is 0 Å². The van der Waals surface area contributed by atoms with Gasteiger partial charge < -0.3 is 18.8 Å². The van der Waals surface area contributed by atoms with Gasteiger partial charge in [0.1, 0.15) is 5.76 Å². The van der Waals surface area contributed by atoms with Crippen molar-refractivity contribution in [2.24, 2.45) is 0 Å². The normalized spacial score (nSPS) is 13.6. The van der Waals surface area contributed by atoms with Gasteiger partial charge in [-0.2, -0.15) is 0 Å². The van der Waals surface area contributed by atoms with Crippen LogP contribution >= 0.6 is 0 Å². The van der Waals surface area contributed by atoms with Gasteiger partial charge in [0, 0.05) is 19.5 Å². The van der Waals surface area contributed by atoms with E-state index in [2.05, 4.69) is 0 Å². The van der Waals surface area contributed by atoms with Crippen molar-refractivity contribution < 1.29 is 18.7 Å². The van der Waals surface area contributed by atoms with Gasteiger partial charge in [-0.3, -0.25) is 4.79 Å². The Bertz CT molecular complexity index is 720. The van der Waals surface area contributed by atoms with E-state index in [1.807, 2.05) is 30.0 Å². The topological polar surface area (TPSA) is 51.9 Å². The van der Waals surface area contributed by atoms with E-state index in [0.29, 0.717) is 24.6 Å². The lowest BCUT2D eigenvalue weighted by Gasteiger charge is -2.29. The third kappa shape index (κ3) is 2.91. The number of benzene rings is 1. The number of amides is 1. The van der Waals surface area contributed by atoms with Gasteiger partial charge in [-0.1, -0.05) is 6.92 Å². The summed E-state index contributed by atoms with van der Waals surface area (Å²) >= 11 is 0. The predicted octanol–water partition coefficient (Wildman–Crippen LogP) is 3.06. The maximum atomic E-state index is 12.6. The van der Waals surface area contributed by atoms with Gasteiger partial charge in [0.2, 0.25) is 0 Å². The number of fused-ring (bicyclic) bond motifs is 1. The number of aryl methyl sites for hydroxylation is 1. The molecule has 0 saturated carbocycles. The van der Waals surface area contributed by atoms with Crippen LogP contribution in [0.2, 0.25) is 0 Å². The molecule has 0 N–H and O–H groups in total. The van der Waals surface area contributed by atoms with Crippen LogP contribution in [0.1, 0.15) is 34.4 Å². The lowest BCUT2D eigenvalue weighted by Crippen LogP contribution is -2.35. The van der Waals surface area contributed by atoms with Crippen LogP contribution in [0.5, 0.6) is 11.5 Å². The van der Waals surface area contributed by atoms with Crippen LogP contribution in [0, 0.1) is 0 Å². The monoisotopic (exact) mass is 315 g/mol. The second-order valence-electron chi connectivity index (χ2n) is 5.57. The summed E-state index contributed by atoms with van der Waals surface area (Å²) in [6, 6.07) is 7.57. The van der Waals surface area contributed by atoms with E-state index in [1.165, 1.54) is 5.56 Å². The minimum absolute atomic E-state index is 0.0647. The molecule has 5 heteroatoms. The molecule has 1 aliphatic heterocycles. The molecule has 5 nitrogen and oxygen atoms in total. The molecule has 0 spiro atoms. The summed E-state index contributed by atoms with van der Waals surface area (Å²) in [4.78, 5) is 14.4. The van der Waals surface area contributed by atoms with Crippen molar-refractivity contribution in [2.75, 3.05) is 20.8 Å². The van der Waals surface area contributed by atoms with Crippen molar-refractivity contribution in [3.8, 4) is 11.5 Å². The van der Waals surface area contributed by atoms with Crippen molar-refractivity contribution in [3.63, 3.8) is 0 Å². The third-order valence-electron chi connectivity index (χ3n) is 4.23. The van der Waals surface area contributed by atoms with E-state index in [0.717, 1.165) is 29.9 Å². The Kier molecular flexibility index (Phi) is 4.28. The number of carbonyl (C=O) groups excluding carboxylic acids is 1. The fourth-order valence-corrected chi connectivity index (χ4v) is 2.90. The number of furan rings is 1. The molecule has 0 aliphatic carbocycles. The summed E-state index contributed by atoms with van der Waals surface area (Å²) in [6.07, 6.45) is 1.58. The highest BCUT2D eigenvalue weighted by atomic mass is 16.5. The summed E-state index contributed by atoms with van der Waals surface area (Å²) in [5, 5.41) is 0. The van der Waals surface area contributed by atoms with E-state index in [1.54, 1.807) is 20.3 Å². The largest absolute Gasteiger partial charge is 0.493 e. The zero-order chi connectivity index (χ0) is 16.4. The molecule has 23 heavy (non-hydrogen) atoms. The minimum atomic E-state index is -0.0647. The molecule has 3 rings (SSSR count). The Morgan fingerprint density at radius 3 is 2.48 bits per heavy atom. The standard InChI is InChI=1S/C18H21NO4/c1-4-14-5-6-15(23-14)18(20)19-8-7-12-9-16(21-2)17(22-3)10-13(12)11-19/h5-6,9-10H,4,7-8,11H2,1-3H3. The highest BCUT2D eigenvalue weighted by Crippen LogP contribution is 2.33. The summed E-state index contributed by atoms with van der Waals surface area (Å²) in [5.41, 5.74) is 2.28. The molecule has 0 atom stereocenters. The minimum Gasteiger partial charge on any atom is -0.493 e. The fraction of sp³-hybridized carbons (Fsp3) is 0.389. The maximum absolute atomic E-state index is 12.6. The van der Waals surface area contributed by atoms with Crippen LogP contribution in [-0.2, 0) is 19.4 Å². The molecule has 0 unspecified atom stereocenters. The van der Waals surface area contributed by atoms with E-state index < -0.39 is 0 Å². The maximum Gasteiger partial charge on any atom is 0.289 e. The summed E-state index contributed by atoms with van der Waals surface area (Å²) in [6.45, 7) is 3.23. The van der Waals surface area contributed by atoms with Gasteiger partial charge in [0.25, 0.3) is 5.91 Å². The molecule has 0 bridgehead atoms. The number of ether oxygens (including phenoxy) is 2. The van der Waals surface area contributed by atoms with Gasteiger partial charge >= 0.3 is 0 Å². The van der Waals surface area contributed by atoms with Gasteiger partial charge in [-0.05, 0) is 41.8 Å². The predicted molar refractivity (Wildman–Crippen MR) is 86.1 cm³/mol. The third-order valence-corrected chi connectivity index (χ3v) is 4.23. The molecule has 2 aromatic rings. The van der Waals surface area contributed by atoms with E-state index in [9.17, 15) is 4.79 Å². The van der Waals surface area contributed by atoms with Crippen LogP contribution < -0.4 is 9.47 Å². The SMILES string of the molecule is CCc1ccc(C(=O)N2CCc3cc(OC)c(OC)cc3C2)o1. The molecule has 0 fully saturated rings. The molecule has 1 aliphatic rings. The van der Waals surface area contributed by atoms with Gasteiger partial charge in [-0.25, -0.2) is 0 Å². The lowest BCUT2D eigenvalue weighted by molar-refractivity contribution is 0.0700. The Hall–Kier alpha value is -2.43. The number of hydrogen-bond acceptors (Lipinski definition) is 4. The summed E-state index contributed by atoms with van der Waals surface area (Å²) < 4.78 is 16.3. The second kappa shape index (κ2) is 6.36. The highest BCUT2D eigenvalue weighted by Gasteiger charge is 2.25. The number of carbonyl (C=O) groups is 1. The molecule has 1 aromatic heterocycles. The van der Waals surface area contributed by atoms with Gasteiger partial charge in [0.15, 0.2) is 17.3 Å². The molecule has 122 valence electrons. The smallest absolute Gasteiger partial charge is 0.289 e. The first-order valence-corrected chi connectivity index (χ1v) is 7.78. The first-order valence-electron chi connectivity index (χ1n) is 7.78. The number of nitrogens with zero attached hydrogens (tertiary/aromatic N) is 1. The van der Waals surface area contributed by atoms with Crippen molar-refractivity contribution in [2.45, 2.75) is 26.3 Å². The number of hydrogen-bond donors (Lipinski definition) is 0. The van der Waals surface area contributed by atoms with Crippen molar-refractivity contribution in [3.05, 3.63) is 46.9 Å². The van der Waals surface area contributed by atoms with Crippen LogP contribution in [0.15, 0.2) is 28.7 Å². The van der Waals surface area contributed by atoms with E-state index in [4.69, 9.17) is 13.9 Å². The quantitative estimate of drug-likeness (QED) is 0.870. The van der Waals surface area contributed by atoms with Crippen LogP contribution in [-0.4, -0.2) is 31.6 Å². The molecular weight excluding hydrogens is 294 g/mol. The average Bonchev–Trinajstić information content (AvgIpc) is 3.08. The Morgan fingerprint density at radius 1 is 1.17 bits per heavy atom. The first kappa shape index (κ1) is 15.5. The zero-order valence-electron chi connectivity index (χ0n) is 13.7. The Labute approximate surface area is 135 Å². The Morgan fingerprint density at radius 2 is 1.87 bits per heavy atom. The molecule has 0 saturated heterocycles. The average molecular weight is 315 g/mol. The lowest BCUT2D eigenvalue weighted by atomic mass is 9.98. The second-order valence-corrected chi connectivity index (χ2v) is 5.57. The first-order chi connectivity index (χ1) is 11.2. The summed E-state index contributed by atoms with van der Waals surface area (Å²) in [7, 11) is 3.25. The molecular formula is C18H21NO4. The Balaban J connectivity index is 1.83. The van der Waals surface area contributed by atoms with E-state index in [-0.39, 0.29) is 5.91 Å². The zero-order valence-corrected chi connectivity index (χ0v) is 13.7. The van der Waals surface area contributed by atoms with Crippen LogP contribution in [0.25, 0.3) is 0 Å². The van der Waals surface area contributed by atoms with Crippen molar-refractivity contribution in [1.82, 2.24) is 4.90 Å².